The minimum absolute atomic E-state index is 0.0376. The van der Waals surface area contributed by atoms with E-state index in [1.807, 2.05) is 31.4 Å². The van der Waals surface area contributed by atoms with Crippen molar-refractivity contribution in [2.45, 2.75) is 33.2 Å². The third-order valence-corrected chi connectivity index (χ3v) is 3.62. The van der Waals surface area contributed by atoms with E-state index in [0.717, 1.165) is 5.82 Å². The predicted octanol–water partition coefficient (Wildman–Crippen LogP) is 2.49. The van der Waals surface area contributed by atoms with Gasteiger partial charge >= 0.3 is 5.97 Å². The molecule has 1 unspecified atom stereocenters. The number of hydrogen-bond acceptors (Lipinski definition) is 3. The van der Waals surface area contributed by atoms with Gasteiger partial charge in [-0.2, -0.15) is 0 Å². The van der Waals surface area contributed by atoms with Gasteiger partial charge in [0.2, 0.25) is 0 Å². The van der Waals surface area contributed by atoms with Gasteiger partial charge in [0.1, 0.15) is 5.82 Å². The average molecular weight is 276 g/mol. The molecule has 1 heterocycles. The topological polar surface area (TPSA) is 75.3 Å². The number of fused-ring (bicyclic) bond motifs is 1. The third-order valence-electron chi connectivity index (χ3n) is 3.62. The van der Waals surface area contributed by atoms with E-state index in [-0.39, 0.29) is 24.1 Å². The second-order valence-corrected chi connectivity index (χ2v) is 5.22. The predicted molar refractivity (Wildman–Crippen MR) is 77.0 cm³/mol. The molecule has 0 fully saturated rings. The molecular weight excluding hydrogens is 256 g/mol. The monoisotopic (exact) mass is 276 g/mol. The first-order chi connectivity index (χ1) is 9.51. The van der Waals surface area contributed by atoms with E-state index in [4.69, 9.17) is 0 Å². The van der Waals surface area contributed by atoms with E-state index in [1.54, 1.807) is 12.1 Å². The number of carbonyl (C=O) groups is 1. The summed E-state index contributed by atoms with van der Waals surface area (Å²) in [6.07, 6.45) is 0.691. The molecule has 20 heavy (non-hydrogen) atoms. The number of aromatic carboxylic acids is 1. The van der Waals surface area contributed by atoms with Crippen LogP contribution in [-0.4, -0.2) is 32.3 Å². The first kappa shape index (κ1) is 14.5. The summed E-state index contributed by atoms with van der Waals surface area (Å²) in [4.78, 5) is 16.0. The summed E-state index contributed by atoms with van der Waals surface area (Å²) in [5.74, 6) is 0.0193. The molecule has 0 bridgehead atoms. The molecule has 0 radical (unpaired) electrons. The standard InChI is InChI=1S/C15H20N2O3/c1-4-13-16-11-7-5-6-10(15(19)20)14(11)17(13)12(8-18)9(2)3/h5-7,9,12,18H,4,8H2,1-3H3,(H,19,20). The number of imidazole rings is 1. The minimum Gasteiger partial charge on any atom is -0.478 e. The number of aryl methyl sites for hydroxylation is 1. The Labute approximate surface area is 117 Å². The summed E-state index contributed by atoms with van der Waals surface area (Å²) >= 11 is 0. The summed E-state index contributed by atoms with van der Waals surface area (Å²) in [5, 5.41) is 19.1. The van der Waals surface area contributed by atoms with Crippen molar-refractivity contribution >= 4 is 17.0 Å². The van der Waals surface area contributed by atoms with Crippen LogP contribution in [0.5, 0.6) is 0 Å². The van der Waals surface area contributed by atoms with Gasteiger partial charge in [-0.15, -0.1) is 0 Å². The highest BCUT2D eigenvalue weighted by Gasteiger charge is 2.24. The molecule has 1 atom stereocenters. The smallest absolute Gasteiger partial charge is 0.337 e. The second kappa shape index (κ2) is 5.63. The zero-order valence-corrected chi connectivity index (χ0v) is 12.0. The maximum atomic E-state index is 11.4. The van der Waals surface area contributed by atoms with Crippen LogP contribution in [0.3, 0.4) is 0 Å². The number of benzene rings is 1. The normalized spacial score (nSPS) is 13.1. The zero-order chi connectivity index (χ0) is 14.9. The molecule has 1 aromatic heterocycles. The van der Waals surface area contributed by atoms with Crippen LogP contribution in [0.1, 0.15) is 43.0 Å². The van der Waals surface area contributed by atoms with Crippen LogP contribution in [0.25, 0.3) is 11.0 Å². The number of para-hydroxylation sites is 1. The van der Waals surface area contributed by atoms with Crippen molar-refractivity contribution in [1.82, 2.24) is 9.55 Å². The van der Waals surface area contributed by atoms with Gasteiger partial charge in [-0.3, -0.25) is 0 Å². The van der Waals surface area contributed by atoms with Gasteiger partial charge in [-0.25, -0.2) is 9.78 Å². The van der Waals surface area contributed by atoms with E-state index in [9.17, 15) is 15.0 Å². The van der Waals surface area contributed by atoms with Gasteiger partial charge in [-0.05, 0) is 18.1 Å². The van der Waals surface area contributed by atoms with Crippen molar-refractivity contribution < 1.29 is 15.0 Å². The fourth-order valence-corrected chi connectivity index (χ4v) is 2.57. The van der Waals surface area contributed by atoms with Crippen molar-refractivity contribution in [3.63, 3.8) is 0 Å². The summed E-state index contributed by atoms with van der Waals surface area (Å²) in [7, 11) is 0. The lowest BCUT2D eigenvalue weighted by atomic mass is 10.0. The van der Waals surface area contributed by atoms with Crippen molar-refractivity contribution in [2.24, 2.45) is 5.92 Å². The SMILES string of the molecule is CCc1nc2cccc(C(=O)O)c2n1C(CO)C(C)C. The van der Waals surface area contributed by atoms with Crippen LogP contribution < -0.4 is 0 Å². The Kier molecular flexibility index (Phi) is 4.09. The Bertz CT molecular complexity index is 631. The molecule has 2 rings (SSSR count). The first-order valence-electron chi connectivity index (χ1n) is 6.85. The van der Waals surface area contributed by atoms with Gasteiger partial charge in [-0.1, -0.05) is 26.8 Å². The fourth-order valence-electron chi connectivity index (χ4n) is 2.57. The average Bonchev–Trinajstić information content (AvgIpc) is 2.77. The van der Waals surface area contributed by atoms with E-state index in [1.165, 1.54) is 0 Å². The lowest BCUT2D eigenvalue weighted by Crippen LogP contribution is -2.22. The molecule has 1 aromatic carbocycles. The van der Waals surface area contributed by atoms with Gasteiger partial charge in [0, 0.05) is 6.42 Å². The third kappa shape index (κ3) is 2.29. The number of nitrogens with zero attached hydrogens (tertiary/aromatic N) is 2. The molecule has 108 valence electrons. The van der Waals surface area contributed by atoms with Crippen LogP contribution in [-0.2, 0) is 6.42 Å². The second-order valence-electron chi connectivity index (χ2n) is 5.22. The van der Waals surface area contributed by atoms with Crippen LogP contribution >= 0.6 is 0 Å². The number of aliphatic hydroxyl groups is 1. The van der Waals surface area contributed by atoms with Crippen LogP contribution in [0.4, 0.5) is 0 Å². The van der Waals surface area contributed by atoms with Crippen LogP contribution in [0.15, 0.2) is 18.2 Å². The molecule has 2 aromatic rings. The summed E-state index contributed by atoms with van der Waals surface area (Å²) in [6, 6.07) is 4.92. The summed E-state index contributed by atoms with van der Waals surface area (Å²) in [6.45, 7) is 5.96. The highest BCUT2D eigenvalue weighted by molar-refractivity contribution is 6.01. The Balaban J connectivity index is 2.81. The molecule has 2 N–H and O–H groups in total. The van der Waals surface area contributed by atoms with Gasteiger partial charge < -0.3 is 14.8 Å². The van der Waals surface area contributed by atoms with Gasteiger partial charge in [0.05, 0.1) is 29.2 Å². The Morgan fingerprint density at radius 2 is 2.10 bits per heavy atom. The summed E-state index contributed by atoms with van der Waals surface area (Å²) in [5.41, 5.74) is 1.50. The maximum Gasteiger partial charge on any atom is 0.337 e. The molecule has 0 saturated heterocycles. The van der Waals surface area contributed by atoms with Crippen molar-refractivity contribution in [1.29, 1.82) is 0 Å². The highest BCUT2D eigenvalue weighted by Crippen LogP contribution is 2.28. The molecule has 0 aliphatic rings. The lowest BCUT2D eigenvalue weighted by Gasteiger charge is -2.23. The lowest BCUT2D eigenvalue weighted by molar-refractivity contribution is 0.0698. The van der Waals surface area contributed by atoms with Crippen molar-refractivity contribution in [3.8, 4) is 0 Å². The van der Waals surface area contributed by atoms with Crippen LogP contribution in [0.2, 0.25) is 0 Å². The maximum absolute atomic E-state index is 11.4. The van der Waals surface area contributed by atoms with Crippen molar-refractivity contribution in [3.05, 3.63) is 29.6 Å². The number of rotatable bonds is 5. The Hall–Kier alpha value is -1.88. The number of carboxylic acid groups (broad SMARTS) is 1. The number of hydrogen-bond donors (Lipinski definition) is 2. The highest BCUT2D eigenvalue weighted by atomic mass is 16.4. The van der Waals surface area contributed by atoms with Gasteiger partial charge in [0.25, 0.3) is 0 Å². The molecular formula is C15H20N2O3. The molecule has 0 amide bonds. The van der Waals surface area contributed by atoms with E-state index in [0.29, 0.717) is 17.5 Å². The first-order valence-corrected chi connectivity index (χ1v) is 6.85. The number of aromatic nitrogens is 2. The molecule has 0 saturated carbocycles. The Morgan fingerprint density at radius 3 is 2.60 bits per heavy atom. The molecule has 5 nitrogen and oxygen atoms in total. The number of carboxylic acids is 1. The van der Waals surface area contributed by atoms with Gasteiger partial charge in [0.15, 0.2) is 0 Å². The minimum atomic E-state index is -0.972. The van der Waals surface area contributed by atoms with Crippen molar-refractivity contribution in [2.75, 3.05) is 6.61 Å². The molecule has 5 heteroatoms. The largest absolute Gasteiger partial charge is 0.478 e. The molecule has 0 aliphatic heterocycles. The Morgan fingerprint density at radius 1 is 1.40 bits per heavy atom. The van der Waals surface area contributed by atoms with E-state index < -0.39 is 5.97 Å². The molecule has 0 aliphatic carbocycles. The zero-order valence-electron chi connectivity index (χ0n) is 12.0. The van der Waals surface area contributed by atoms with E-state index in [2.05, 4.69) is 4.98 Å². The quantitative estimate of drug-likeness (QED) is 0.879. The van der Waals surface area contributed by atoms with E-state index >= 15 is 0 Å². The molecule has 0 spiro atoms. The summed E-state index contributed by atoms with van der Waals surface area (Å²) < 4.78 is 1.89. The number of aliphatic hydroxyl groups excluding tert-OH is 1. The van der Waals surface area contributed by atoms with Crippen LogP contribution in [0, 0.1) is 5.92 Å². The fraction of sp³-hybridized carbons (Fsp3) is 0.467.